The van der Waals surface area contributed by atoms with Crippen LogP contribution in [0.15, 0.2) is 48.5 Å². The van der Waals surface area contributed by atoms with Crippen molar-refractivity contribution in [3.8, 4) is 11.5 Å². The van der Waals surface area contributed by atoms with Gasteiger partial charge in [-0.2, -0.15) is 0 Å². The minimum atomic E-state index is -0.574. The summed E-state index contributed by atoms with van der Waals surface area (Å²) < 4.78 is 24.1. The Labute approximate surface area is 145 Å². The van der Waals surface area contributed by atoms with Gasteiger partial charge in [0.1, 0.15) is 17.3 Å². The first-order valence-corrected chi connectivity index (χ1v) is 8.24. The number of nitrogens with two attached hydrogens (primary N) is 1. The number of rotatable bonds is 5. The SMILES string of the molecule is NCC1(C(=O)Nc2ccc(Oc3cccc(F)c3)cc2)CCOCC1. The minimum absolute atomic E-state index is 0.0860. The molecule has 1 saturated heterocycles. The van der Waals surface area contributed by atoms with Gasteiger partial charge in [-0.05, 0) is 49.2 Å². The Kier molecular flexibility index (Phi) is 5.31. The van der Waals surface area contributed by atoms with Crippen LogP contribution in [-0.4, -0.2) is 25.7 Å². The van der Waals surface area contributed by atoms with Gasteiger partial charge in [0.25, 0.3) is 0 Å². The lowest BCUT2D eigenvalue weighted by Gasteiger charge is -2.34. The van der Waals surface area contributed by atoms with E-state index in [1.54, 1.807) is 36.4 Å². The molecular weight excluding hydrogens is 323 g/mol. The summed E-state index contributed by atoms with van der Waals surface area (Å²) in [5, 5.41) is 2.91. The Hall–Kier alpha value is -2.44. The topological polar surface area (TPSA) is 73.6 Å². The van der Waals surface area contributed by atoms with Crippen LogP contribution in [0.25, 0.3) is 0 Å². The van der Waals surface area contributed by atoms with E-state index < -0.39 is 5.41 Å². The number of benzene rings is 2. The summed E-state index contributed by atoms with van der Waals surface area (Å²) in [6.07, 6.45) is 1.24. The largest absolute Gasteiger partial charge is 0.457 e. The highest BCUT2D eigenvalue weighted by Gasteiger charge is 2.38. The average Bonchev–Trinajstić information content (AvgIpc) is 2.64. The molecule has 0 aromatic heterocycles. The molecule has 1 aliphatic rings. The second-order valence-electron chi connectivity index (χ2n) is 6.13. The van der Waals surface area contributed by atoms with E-state index in [-0.39, 0.29) is 11.7 Å². The van der Waals surface area contributed by atoms with Gasteiger partial charge in [-0.25, -0.2) is 4.39 Å². The Balaban J connectivity index is 1.65. The quantitative estimate of drug-likeness (QED) is 0.873. The van der Waals surface area contributed by atoms with Gasteiger partial charge in [-0.3, -0.25) is 4.79 Å². The maximum atomic E-state index is 13.2. The van der Waals surface area contributed by atoms with Crippen molar-refractivity contribution in [3.63, 3.8) is 0 Å². The lowest BCUT2D eigenvalue weighted by molar-refractivity contribution is -0.130. The first-order valence-electron chi connectivity index (χ1n) is 8.24. The number of carbonyl (C=O) groups excluding carboxylic acids is 1. The number of carbonyl (C=O) groups is 1. The molecule has 2 aromatic rings. The molecule has 0 spiro atoms. The second-order valence-corrected chi connectivity index (χ2v) is 6.13. The van der Waals surface area contributed by atoms with Crippen molar-refractivity contribution in [1.82, 2.24) is 0 Å². The molecule has 0 unspecified atom stereocenters. The van der Waals surface area contributed by atoms with Crippen LogP contribution in [0.3, 0.4) is 0 Å². The van der Waals surface area contributed by atoms with Crippen molar-refractivity contribution in [2.24, 2.45) is 11.1 Å². The molecule has 0 atom stereocenters. The van der Waals surface area contributed by atoms with Crippen LogP contribution in [0.1, 0.15) is 12.8 Å². The standard InChI is InChI=1S/C19H21FN2O3/c20-14-2-1-3-17(12-14)25-16-6-4-15(5-7-16)22-18(23)19(13-21)8-10-24-11-9-19/h1-7,12H,8-11,13,21H2,(H,22,23). The molecule has 1 heterocycles. The molecular formula is C19H21FN2O3. The molecule has 3 N–H and O–H groups in total. The van der Waals surface area contributed by atoms with Crippen LogP contribution in [0, 0.1) is 11.2 Å². The van der Waals surface area contributed by atoms with Crippen LogP contribution in [0.5, 0.6) is 11.5 Å². The van der Waals surface area contributed by atoms with E-state index in [2.05, 4.69) is 5.32 Å². The molecule has 25 heavy (non-hydrogen) atoms. The molecule has 3 rings (SSSR count). The highest BCUT2D eigenvalue weighted by atomic mass is 19.1. The molecule has 132 valence electrons. The van der Waals surface area contributed by atoms with E-state index >= 15 is 0 Å². The number of halogens is 1. The highest BCUT2D eigenvalue weighted by Crippen LogP contribution is 2.31. The van der Waals surface area contributed by atoms with Crippen LogP contribution in [-0.2, 0) is 9.53 Å². The normalized spacial score (nSPS) is 16.2. The highest BCUT2D eigenvalue weighted by molar-refractivity contribution is 5.95. The maximum Gasteiger partial charge on any atom is 0.232 e. The minimum Gasteiger partial charge on any atom is -0.457 e. The fourth-order valence-corrected chi connectivity index (χ4v) is 2.82. The Morgan fingerprint density at radius 1 is 1.16 bits per heavy atom. The van der Waals surface area contributed by atoms with Gasteiger partial charge in [-0.1, -0.05) is 6.07 Å². The number of ether oxygens (including phenoxy) is 2. The van der Waals surface area contributed by atoms with Crippen molar-refractivity contribution in [2.45, 2.75) is 12.8 Å². The van der Waals surface area contributed by atoms with E-state index in [1.165, 1.54) is 12.1 Å². The maximum absolute atomic E-state index is 13.2. The number of hydrogen-bond acceptors (Lipinski definition) is 4. The molecule has 0 saturated carbocycles. The fourth-order valence-electron chi connectivity index (χ4n) is 2.82. The Morgan fingerprint density at radius 2 is 1.88 bits per heavy atom. The lowest BCUT2D eigenvalue weighted by Crippen LogP contribution is -2.46. The summed E-state index contributed by atoms with van der Waals surface area (Å²) in [6, 6.07) is 12.9. The third-order valence-electron chi connectivity index (χ3n) is 4.47. The molecule has 0 aliphatic carbocycles. The summed E-state index contributed by atoms with van der Waals surface area (Å²) >= 11 is 0. The molecule has 1 amide bonds. The molecule has 1 fully saturated rings. The first-order chi connectivity index (χ1) is 12.1. The van der Waals surface area contributed by atoms with Gasteiger partial charge in [-0.15, -0.1) is 0 Å². The molecule has 5 nitrogen and oxygen atoms in total. The van der Waals surface area contributed by atoms with Gasteiger partial charge in [0, 0.05) is 31.5 Å². The predicted molar refractivity (Wildman–Crippen MR) is 93.1 cm³/mol. The van der Waals surface area contributed by atoms with Crippen LogP contribution in [0.2, 0.25) is 0 Å². The van der Waals surface area contributed by atoms with E-state index in [1.807, 2.05) is 0 Å². The van der Waals surface area contributed by atoms with E-state index in [0.717, 1.165) is 0 Å². The summed E-state index contributed by atoms with van der Waals surface area (Å²) in [5.41, 5.74) is 5.94. The first kappa shape index (κ1) is 17.4. The zero-order valence-corrected chi connectivity index (χ0v) is 13.8. The number of amides is 1. The predicted octanol–water partition coefficient (Wildman–Crippen LogP) is 3.31. The molecule has 0 radical (unpaired) electrons. The summed E-state index contributed by atoms with van der Waals surface area (Å²) in [7, 11) is 0. The van der Waals surface area contributed by atoms with E-state index in [9.17, 15) is 9.18 Å². The zero-order chi connectivity index (χ0) is 17.7. The van der Waals surface area contributed by atoms with Gasteiger partial charge in [0.2, 0.25) is 5.91 Å². The zero-order valence-electron chi connectivity index (χ0n) is 13.8. The van der Waals surface area contributed by atoms with E-state index in [4.69, 9.17) is 15.2 Å². The molecule has 6 heteroatoms. The third-order valence-corrected chi connectivity index (χ3v) is 4.47. The molecule has 0 bridgehead atoms. The number of hydrogen-bond donors (Lipinski definition) is 2. The smallest absolute Gasteiger partial charge is 0.232 e. The second kappa shape index (κ2) is 7.63. The van der Waals surface area contributed by atoms with Gasteiger partial charge in [0.05, 0.1) is 5.41 Å². The van der Waals surface area contributed by atoms with Gasteiger partial charge < -0.3 is 20.5 Å². The summed E-state index contributed by atoms with van der Waals surface area (Å²) in [5.74, 6) is 0.534. The van der Waals surface area contributed by atoms with E-state index in [0.29, 0.717) is 49.8 Å². The Bertz CT molecular complexity index is 728. The molecule has 2 aromatic carbocycles. The van der Waals surface area contributed by atoms with Crippen molar-refractivity contribution < 1.29 is 18.7 Å². The monoisotopic (exact) mass is 344 g/mol. The van der Waals surface area contributed by atoms with Crippen LogP contribution < -0.4 is 15.8 Å². The van der Waals surface area contributed by atoms with Gasteiger partial charge in [0.15, 0.2) is 0 Å². The lowest BCUT2D eigenvalue weighted by atomic mass is 9.79. The van der Waals surface area contributed by atoms with Crippen LogP contribution >= 0.6 is 0 Å². The summed E-state index contributed by atoms with van der Waals surface area (Å²) in [6.45, 7) is 1.39. The van der Waals surface area contributed by atoms with Crippen LogP contribution in [0.4, 0.5) is 10.1 Å². The van der Waals surface area contributed by atoms with Crippen molar-refractivity contribution in [3.05, 3.63) is 54.3 Å². The number of nitrogens with one attached hydrogen (secondary N) is 1. The molecule has 1 aliphatic heterocycles. The van der Waals surface area contributed by atoms with Crippen molar-refractivity contribution in [1.29, 1.82) is 0 Å². The fraction of sp³-hybridized carbons (Fsp3) is 0.316. The third kappa shape index (κ3) is 4.15. The average molecular weight is 344 g/mol. The van der Waals surface area contributed by atoms with Gasteiger partial charge >= 0.3 is 0 Å². The Morgan fingerprint density at radius 3 is 2.52 bits per heavy atom. The van der Waals surface area contributed by atoms with Crippen molar-refractivity contribution in [2.75, 3.05) is 25.1 Å². The van der Waals surface area contributed by atoms with Crippen molar-refractivity contribution >= 4 is 11.6 Å². The summed E-state index contributed by atoms with van der Waals surface area (Å²) in [4.78, 5) is 12.6. The number of anilines is 1.